The average molecular weight is 419 g/mol. The third kappa shape index (κ3) is 3.37. The first kappa shape index (κ1) is 19.9. The quantitative estimate of drug-likeness (QED) is 0.585. The van der Waals surface area contributed by atoms with Crippen molar-refractivity contribution in [1.29, 1.82) is 0 Å². The van der Waals surface area contributed by atoms with E-state index in [1.54, 1.807) is 24.3 Å². The van der Waals surface area contributed by atoms with Crippen molar-refractivity contribution in [3.63, 3.8) is 0 Å². The number of nitrogens with one attached hydrogen (secondary N) is 1. The number of imide groups is 1. The lowest BCUT2D eigenvalue weighted by atomic mass is 10.0. The summed E-state index contributed by atoms with van der Waals surface area (Å²) >= 11 is 5.96. The molecule has 0 unspecified atom stereocenters. The van der Waals surface area contributed by atoms with Gasteiger partial charge in [-0.3, -0.25) is 14.4 Å². The van der Waals surface area contributed by atoms with Gasteiger partial charge in [0.1, 0.15) is 0 Å². The summed E-state index contributed by atoms with van der Waals surface area (Å²) in [4.78, 5) is 39.9. The van der Waals surface area contributed by atoms with E-state index in [4.69, 9.17) is 11.6 Å². The van der Waals surface area contributed by atoms with Gasteiger partial charge in [0.2, 0.25) is 0 Å². The van der Waals surface area contributed by atoms with Crippen LogP contribution in [0.4, 0.5) is 11.4 Å². The summed E-state index contributed by atoms with van der Waals surface area (Å²) in [6, 6.07) is 15.3. The number of fused-ring (bicyclic) bond motifs is 1. The smallest absolute Gasteiger partial charge is 0.266 e. The Bertz CT molecular complexity index is 1230. The van der Waals surface area contributed by atoms with Gasteiger partial charge in [-0.15, -0.1) is 0 Å². The van der Waals surface area contributed by atoms with Crippen LogP contribution in [0.2, 0.25) is 5.02 Å². The second-order valence-corrected chi connectivity index (χ2v) is 7.85. The van der Waals surface area contributed by atoms with Gasteiger partial charge in [-0.25, -0.2) is 4.90 Å². The van der Waals surface area contributed by atoms with E-state index in [9.17, 15) is 14.4 Å². The summed E-state index contributed by atoms with van der Waals surface area (Å²) in [5.74, 6) is -1.18. The zero-order chi connectivity index (χ0) is 21.6. The number of amides is 3. The molecule has 1 aliphatic rings. The molecule has 1 aliphatic heterocycles. The number of hydrogen-bond acceptors (Lipinski definition) is 3. The van der Waals surface area contributed by atoms with Crippen molar-refractivity contribution in [2.45, 2.75) is 20.8 Å². The van der Waals surface area contributed by atoms with Gasteiger partial charge < -0.3 is 5.32 Å². The van der Waals surface area contributed by atoms with Crippen molar-refractivity contribution < 1.29 is 14.4 Å². The van der Waals surface area contributed by atoms with Gasteiger partial charge >= 0.3 is 0 Å². The van der Waals surface area contributed by atoms with Crippen LogP contribution >= 0.6 is 11.6 Å². The Balaban J connectivity index is 1.66. The second-order valence-electron chi connectivity index (χ2n) is 7.41. The predicted molar refractivity (Wildman–Crippen MR) is 118 cm³/mol. The van der Waals surface area contributed by atoms with Crippen LogP contribution in [0, 0.1) is 20.8 Å². The third-order valence-electron chi connectivity index (χ3n) is 5.19. The molecule has 0 spiro atoms. The predicted octanol–water partition coefficient (Wildman–Crippen LogP) is 5.32. The van der Waals surface area contributed by atoms with Gasteiger partial charge in [-0.2, -0.15) is 0 Å². The molecule has 0 atom stereocenters. The normalized spacial score (nSPS) is 12.9. The lowest BCUT2D eigenvalue weighted by Gasteiger charge is -2.17. The molecule has 0 saturated heterocycles. The standard InChI is InChI=1S/C24H19ClN2O3/c1-13-4-5-14(2)21(10-13)27-23(29)18-8-6-16(12-19(18)24(27)30)22(28)26-20-9-7-17(25)11-15(20)3/h4-12H,1-3H3,(H,26,28). The Morgan fingerprint density at radius 3 is 2.30 bits per heavy atom. The molecule has 0 saturated carbocycles. The van der Waals surface area contributed by atoms with Crippen LogP contribution in [0.3, 0.4) is 0 Å². The van der Waals surface area contributed by atoms with Crippen LogP contribution in [0.25, 0.3) is 0 Å². The molecule has 3 amide bonds. The fourth-order valence-electron chi connectivity index (χ4n) is 3.52. The van der Waals surface area contributed by atoms with E-state index in [2.05, 4.69) is 5.32 Å². The molecule has 4 rings (SSSR count). The van der Waals surface area contributed by atoms with Crippen LogP contribution in [0.5, 0.6) is 0 Å². The minimum atomic E-state index is -0.430. The van der Waals surface area contributed by atoms with E-state index in [0.717, 1.165) is 16.7 Å². The molecule has 150 valence electrons. The van der Waals surface area contributed by atoms with E-state index in [1.807, 2.05) is 39.0 Å². The Morgan fingerprint density at radius 2 is 1.57 bits per heavy atom. The highest BCUT2D eigenvalue weighted by molar-refractivity contribution is 6.35. The number of carbonyl (C=O) groups excluding carboxylic acids is 3. The molecule has 3 aromatic rings. The third-order valence-corrected chi connectivity index (χ3v) is 5.43. The minimum Gasteiger partial charge on any atom is -0.322 e. The SMILES string of the molecule is Cc1ccc(C)c(N2C(=O)c3ccc(C(=O)Nc4ccc(Cl)cc4C)cc3C2=O)c1. The van der Waals surface area contributed by atoms with Gasteiger partial charge in [0.15, 0.2) is 0 Å². The molecule has 0 fully saturated rings. The maximum absolute atomic E-state index is 13.1. The molecular weight excluding hydrogens is 400 g/mol. The summed E-state index contributed by atoms with van der Waals surface area (Å²) in [5, 5.41) is 3.41. The van der Waals surface area contributed by atoms with E-state index in [0.29, 0.717) is 27.5 Å². The van der Waals surface area contributed by atoms with Crippen molar-refractivity contribution in [2.75, 3.05) is 10.2 Å². The van der Waals surface area contributed by atoms with Gasteiger partial charge in [-0.1, -0.05) is 23.7 Å². The number of halogens is 1. The highest BCUT2D eigenvalue weighted by Gasteiger charge is 2.37. The zero-order valence-electron chi connectivity index (χ0n) is 16.7. The number of benzene rings is 3. The molecule has 5 nitrogen and oxygen atoms in total. The number of anilines is 2. The van der Waals surface area contributed by atoms with Crippen molar-refractivity contribution in [1.82, 2.24) is 0 Å². The van der Waals surface area contributed by atoms with Crippen molar-refractivity contribution in [3.05, 3.63) is 93.0 Å². The van der Waals surface area contributed by atoms with Crippen LogP contribution in [-0.2, 0) is 0 Å². The fourth-order valence-corrected chi connectivity index (χ4v) is 3.75. The van der Waals surface area contributed by atoms with E-state index >= 15 is 0 Å². The second kappa shape index (κ2) is 7.43. The van der Waals surface area contributed by atoms with Crippen molar-refractivity contribution >= 4 is 40.7 Å². The monoisotopic (exact) mass is 418 g/mol. The molecule has 0 bridgehead atoms. The largest absolute Gasteiger partial charge is 0.322 e. The van der Waals surface area contributed by atoms with Crippen LogP contribution in [0.15, 0.2) is 54.6 Å². The Hall–Kier alpha value is -3.44. The molecule has 0 aromatic heterocycles. The summed E-state index contributed by atoms with van der Waals surface area (Å²) in [6.45, 7) is 5.60. The molecule has 30 heavy (non-hydrogen) atoms. The fraction of sp³-hybridized carbons (Fsp3) is 0.125. The number of rotatable bonds is 3. The first-order valence-electron chi connectivity index (χ1n) is 9.44. The number of carbonyl (C=O) groups is 3. The van der Waals surface area contributed by atoms with Crippen LogP contribution in [0.1, 0.15) is 47.8 Å². The summed E-state index contributed by atoms with van der Waals surface area (Å²) in [5.41, 5.74) is 4.60. The van der Waals surface area contributed by atoms with E-state index in [1.165, 1.54) is 17.0 Å². The number of nitrogens with zero attached hydrogens (tertiary/aromatic N) is 1. The Labute approximate surface area is 179 Å². The molecule has 0 radical (unpaired) electrons. The van der Waals surface area contributed by atoms with Gasteiger partial charge in [0, 0.05) is 16.3 Å². The van der Waals surface area contributed by atoms with Crippen molar-refractivity contribution in [3.8, 4) is 0 Å². The molecular formula is C24H19ClN2O3. The van der Waals surface area contributed by atoms with Gasteiger partial charge in [-0.05, 0) is 79.9 Å². The zero-order valence-corrected chi connectivity index (χ0v) is 17.5. The van der Waals surface area contributed by atoms with Crippen molar-refractivity contribution in [2.24, 2.45) is 0 Å². The topological polar surface area (TPSA) is 66.5 Å². The molecule has 6 heteroatoms. The lowest BCUT2D eigenvalue weighted by molar-refractivity contribution is 0.0925. The first-order valence-corrected chi connectivity index (χ1v) is 9.81. The molecule has 0 aliphatic carbocycles. The Morgan fingerprint density at radius 1 is 0.833 bits per heavy atom. The average Bonchev–Trinajstić information content (AvgIpc) is 2.96. The van der Waals surface area contributed by atoms with Crippen LogP contribution in [-0.4, -0.2) is 17.7 Å². The first-order chi connectivity index (χ1) is 14.3. The highest BCUT2D eigenvalue weighted by Crippen LogP contribution is 2.32. The highest BCUT2D eigenvalue weighted by atomic mass is 35.5. The number of aryl methyl sites for hydroxylation is 3. The molecule has 1 N–H and O–H groups in total. The minimum absolute atomic E-state index is 0.224. The maximum atomic E-state index is 13.1. The van der Waals surface area contributed by atoms with Gasteiger partial charge in [0.05, 0.1) is 16.8 Å². The number of hydrogen-bond donors (Lipinski definition) is 1. The lowest BCUT2D eigenvalue weighted by Crippen LogP contribution is -2.30. The molecule has 3 aromatic carbocycles. The Kier molecular flexibility index (Phi) is 4.92. The van der Waals surface area contributed by atoms with E-state index in [-0.39, 0.29) is 17.4 Å². The van der Waals surface area contributed by atoms with Gasteiger partial charge in [0.25, 0.3) is 17.7 Å². The van der Waals surface area contributed by atoms with E-state index < -0.39 is 5.91 Å². The molecule has 1 heterocycles. The summed E-state index contributed by atoms with van der Waals surface area (Å²) in [6.07, 6.45) is 0. The maximum Gasteiger partial charge on any atom is 0.266 e. The summed E-state index contributed by atoms with van der Waals surface area (Å²) in [7, 11) is 0. The summed E-state index contributed by atoms with van der Waals surface area (Å²) < 4.78 is 0. The van der Waals surface area contributed by atoms with Crippen LogP contribution < -0.4 is 10.2 Å².